The molecule has 4 nitrogen and oxygen atoms in total. The minimum absolute atomic E-state index is 0.257. The topological polar surface area (TPSA) is 58.2 Å². The molecule has 0 aliphatic carbocycles. The Labute approximate surface area is 150 Å². The van der Waals surface area contributed by atoms with E-state index in [1.54, 1.807) is 36.4 Å². The van der Waals surface area contributed by atoms with Crippen molar-refractivity contribution < 1.29 is 9.59 Å². The molecular weight excluding hydrogens is 340 g/mol. The van der Waals surface area contributed by atoms with Crippen molar-refractivity contribution in [2.24, 2.45) is 0 Å². The molecule has 0 saturated carbocycles. The fraction of sp³-hybridized carbons (Fsp3) is 0.111. The van der Waals surface area contributed by atoms with E-state index in [0.29, 0.717) is 11.3 Å². The lowest BCUT2D eigenvalue weighted by Crippen LogP contribution is -2.31. The number of benzene rings is 2. The van der Waals surface area contributed by atoms with E-state index < -0.39 is 0 Å². The summed E-state index contributed by atoms with van der Waals surface area (Å²) in [7, 11) is 0. The van der Waals surface area contributed by atoms with Crippen LogP contribution in [0.15, 0.2) is 70.6 Å². The third-order valence-electron chi connectivity index (χ3n) is 3.11. The summed E-state index contributed by atoms with van der Waals surface area (Å²) in [6.07, 6.45) is 3.74. The second-order valence-corrected chi connectivity index (χ2v) is 6.60. The van der Waals surface area contributed by atoms with Crippen LogP contribution in [-0.4, -0.2) is 24.3 Å². The molecule has 0 aliphatic heterocycles. The fourth-order valence-corrected chi connectivity index (χ4v) is 3.34. The summed E-state index contributed by atoms with van der Waals surface area (Å²) in [5.74, 6) is -0.654. The molecule has 0 spiro atoms. The van der Waals surface area contributed by atoms with Crippen LogP contribution in [0, 0.1) is 0 Å². The lowest BCUT2D eigenvalue weighted by atomic mass is 10.2. The van der Waals surface area contributed by atoms with E-state index in [1.807, 2.05) is 36.8 Å². The third kappa shape index (κ3) is 4.91. The number of hydrogen-bond acceptors (Lipinski definition) is 4. The predicted molar refractivity (Wildman–Crippen MR) is 103 cm³/mol. The second-order valence-electron chi connectivity index (χ2n) is 4.71. The summed E-state index contributed by atoms with van der Waals surface area (Å²) in [6.45, 7) is 0. The van der Waals surface area contributed by atoms with Gasteiger partial charge in [-0.1, -0.05) is 36.4 Å². The number of nitrogens with one attached hydrogen (secondary N) is 2. The van der Waals surface area contributed by atoms with Crippen LogP contribution in [0.2, 0.25) is 0 Å². The summed E-state index contributed by atoms with van der Waals surface area (Å²) in [6, 6.07) is 18.0. The molecule has 0 heterocycles. The molecule has 0 radical (unpaired) electrons. The maximum absolute atomic E-state index is 12.6. The number of carbonyl (C=O) groups is 2. The average molecular weight is 358 g/mol. The average Bonchev–Trinajstić information content (AvgIpc) is 2.63. The van der Waals surface area contributed by atoms with Gasteiger partial charge in [-0.2, -0.15) is 0 Å². The Balaban J connectivity index is 2.24. The van der Waals surface area contributed by atoms with E-state index in [4.69, 9.17) is 0 Å². The Kier molecular flexibility index (Phi) is 6.96. The van der Waals surface area contributed by atoms with Crippen molar-refractivity contribution in [3.63, 3.8) is 0 Å². The van der Waals surface area contributed by atoms with E-state index in [2.05, 4.69) is 10.6 Å². The zero-order valence-electron chi connectivity index (χ0n) is 13.4. The monoisotopic (exact) mass is 358 g/mol. The zero-order valence-corrected chi connectivity index (χ0v) is 15.0. The van der Waals surface area contributed by atoms with E-state index in [-0.39, 0.29) is 17.5 Å². The largest absolute Gasteiger partial charge is 0.321 e. The quantitative estimate of drug-likeness (QED) is 0.768. The standard InChI is InChI=1S/C18H18N2O2S2/c1-23-18(24-2)15(17(22)19-14-11-7-4-8-12-14)20-16(21)13-9-5-3-6-10-13/h3-12H,1-2H3,(H,19,22)(H,20,21). The number of amides is 2. The van der Waals surface area contributed by atoms with Crippen LogP contribution in [-0.2, 0) is 4.79 Å². The van der Waals surface area contributed by atoms with Crippen LogP contribution in [0.25, 0.3) is 0 Å². The lowest BCUT2D eigenvalue weighted by molar-refractivity contribution is -0.113. The fourth-order valence-electron chi connectivity index (χ4n) is 1.98. The van der Waals surface area contributed by atoms with Gasteiger partial charge in [0.15, 0.2) is 0 Å². The van der Waals surface area contributed by atoms with Gasteiger partial charge in [-0.15, -0.1) is 23.5 Å². The first-order valence-electron chi connectivity index (χ1n) is 7.20. The van der Waals surface area contributed by atoms with E-state index >= 15 is 0 Å². The zero-order chi connectivity index (χ0) is 17.4. The number of anilines is 1. The van der Waals surface area contributed by atoms with E-state index in [1.165, 1.54) is 23.5 Å². The van der Waals surface area contributed by atoms with Crippen LogP contribution < -0.4 is 10.6 Å². The number of rotatable bonds is 6. The highest BCUT2D eigenvalue weighted by Crippen LogP contribution is 2.27. The van der Waals surface area contributed by atoms with Gasteiger partial charge in [0.05, 0.1) is 4.24 Å². The van der Waals surface area contributed by atoms with E-state index in [0.717, 1.165) is 4.24 Å². The first-order valence-corrected chi connectivity index (χ1v) is 9.65. The van der Waals surface area contributed by atoms with Gasteiger partial charge in [0.1, 0.15) is 5.70 Å². The highest BCUT2D eigenvalue weighted by atomic mass is 32.2. The molecule has 24 heavy (non-hydrogen) atoms. The van der Waals surface area contributed by atoms with Crippen molar-refractivity contribution in [3.05, 3.63) is 76.2 Å². The molecule has 2 aromatic carbocycles. The third-order valence-corrected chi connectivity index (χ3v) is 5.26. The first kappa shape index (κ1) is 18.2. The SMILES string of the molecule is CSC(SC)=C(NC(=O)c1ccccc1)C(=O)Nc1ccccc1. The van der Waals surface area contributed by atoms with Gasteiger partial charge >= 0.3 is 0 Å². The molecule has 0 bridgehead atoms. The highest BCUT2D eigenvalue weighted by Gasteiger charge is 2.19. The minimum atomic E-state index is -0.343. The molecule has 2 rings (SSSR count). The van der Waals surface area contributed by atoms with Gasteiger partial charge in [-0.3, -0.25) is 9.59 Å². The van der Waals surface area contributed by atoms with Crippen LogP contribution in [0.3, 0.4) is 0 Å². The van der Waals surface area contributed by atoms with Crippen molar-refractivity contribution >= 4 is 41.0 Å². The maximum atomic E-state index is 12.6. The van der Waals surface area contributed by atoms with Crippen LogP contribution in [0.5, 0.6) is 0 Å². The Morgan fingerprint density at radius 3 is 1.92 bits per heavy atom. The highest BCUT2D eigenvalue weighted by molar-refractivity contribution is 8.21. The molecule has 0 aliphatic rings. The number of carbonyl (C=O) groups excluding carboxylic acids is 2. The molecule has 0 aromatic heterocycles. The van der Waals surface area contributed by atoms with E-state index in [9.17, 15) is 9.59 Å². The van der Waals surface area contributed by atoms with Gasteiger partial charge < -0.3 is 10.6 Å². The Bertz CT molecular complexity index is 725. The Hall–Kier alpha value is -2.18. The number of para-hydroxylation sites is 1. The lowest BCUT2D eigenvalue weighted by Gasteiger charge is -2.14. The number of hydrogen-bond donors (Lipinski definition) is 2. The summed E-state index contributed by atoms with van der Waals surface area (Å²) >= 11 is 2.84. The van der Waals surface area contributed by atoms with Crippen molar-refractivity contribution in [2.45, 2.75) is 0 Å². The predicted octanol–water partition coefficient (Wildman–Crippen LogP) is 3.95. The van der Waals surface area contributed by atoms with Crippen molar-refractivity contribution in [3.8, 4) is 0 Å². The molecule has 124 valence electrons. The number of thioether (sulfide) groups is 2. The van der Waals surface area contributed by atoms with Crippen LogP contribution in [0.4, 0.5) is 5.69 Å². The van der Waals surface area contributed by atoms with Crippen molar-refractivity contribution in [2.75, 3.05) is 17.8 Å². The molecule has 0 saturated heterocycles. The van der Waals surface area contributed by atoms with Gasteiger partial charge in [-0.25, -0.2) is 0 Å². The summed E-state index contributed by atoms with van der Waals surface area (Å²) in [5.41, 5.74) is 1.44. The van der Waals surface area contributed by atoms with Crippen LogP contribution >= 0.6 is 23.5 Å². The molecule has 0 unspecified atom stereocenters. The molecule has 6 heteroatoms. The summed E-state index contributed by atoms with van der Waals surface area (Å²) in [5, 5.41) is 5.55. The van der Waals surface area contributed by atoms with Crippen molar-refractivity contribution in [1.29, 1.82) is 0 Å². The van der Waals surface area contributed by atoms with Gasteiger partial charge in [0.25, 0.3) is 11.8 Å². The smallest absolute Gasteiger partial charge is 0.273 e. The van der Waals surface area contributed by atoms with Gasteiger partial charge in [-0.05, 0) is 36.8 Å². The normalized spacial score (nSPS) is 9.92. The Morgan fingerprint density at radius 2 is 1.38 bits per heavy atom. The molecular formula is C18H18N2O2S2. The summed E-state index contributed by atoms with van der Waals surface area (Å²) in [4.78, 5) is 25.0. The first-order chi connectivity index (χ1) is 11.7. The van der Waals surface area contributed by atoms with Gasteiger partial charge in [0.2, 0.25) is 0 Å². The minimum Gasteiger partial charge on any atom is -0.321 e. The maximum Gasteiger partial charge on any atom is 0.273 e. The molecule has 0 atom stereocenters. The molecule has 0 fully saturated rings. The molecule has 2 amide bonds. The van der Waals surface area contributed by atoms with Gasteiger partial charge in [0, 0.05) is 11.3 Å². The summed E-state index contributed by atoms with van der Waals surface area (Å²) < 4.78 is 0.743. The molecule has 2 N–H and O–H groups in total. The van der Waals surface area contributed by atoms with Crippen molar-refractivity contribution in [1.82, 2.24) is 5.32 Å². The second kappa shape index (κ2) is 9.20. The van der Waals surface area contributed by atoms with Crippen LogP contribution in [0.1, 0.15) is 10.4 Å². The molecule has 2 aromatic rings. The Morgan fingerprint density at radius 1 is 0.833 bits per heavy atom.